The normalized spacial score (nSPS) is 10.0. The van der Waals surface area contributed by atoms with Crippen molar-refractivity contribution in [2.45, 2.75) is 6.92 Å². The Morgan fingerprint density at radius 2 is 1.86 bits per heavy atom. The van der Waals surface area contributed by atoms with Gasteiger partial charge in [0, 0.05) is 15.7 Å². The fourth-order valence-electron chi connectivity index (χ4n) is 1.69. The third-order valence-corrected chi connectivity index (χ3v) is 3.27. The van der Waals surface area contributed by atoms with Crippen molar-refractivity contribution in [2.75, 3.05) is 11.9 Å². The second-order valence-corrected chi connectivity index (χ2v) is 5.34. The molecule has 0 radical (unpaired) electrons. The number of ether oxygens (including phenoxy) is 1. The van der Waals surface area contributed by atoms with Gasteiger partial charge in [0.1, 0.15) is 5.75 Å². The van der Waals surface area contributed by atoms with E-state index < -0.39 is 0 Å². The van der Waals surface area contributed by atoms with E-state index in [1.54, 1.807) is 36.4 Å². The van der Waals surface area contributed by atoms with Crippen LogP contribution in [0.5, 0.6) is 5.75 Å². The second-order valence-electron chi connectivity index (χ2n) is 4.43. The average molecular weight is 348 g/mol. The lowest BCUT2D eigenvalue weighted by molar-refractivity contribution is -0.118. The zero-order valence-electron chi connectivity index (χ0n) is 11.4. The first-order chi connectivity index (χ1) is 10.0. The number of carbonyl (C=O) groups is 2. The molecule has 0 aromatic heterocycles. The number of ketones is 1. The van der Waals surface area contributed by atoms with E-state index in [0.717, 1.165) is 4.47 Å². The SMILES string of the molecule is CC(=O)c1cccc(NC(=O)COc2ccc(Br)cc2)c1. The van der Waals surface area contributed by atoms with Crippen molar-refractivity contribution in [3.63, 3.8) is 0 Å². The molecule has 0 saturated heterocycles. The molecule has 1 N–H and O–H groups in total. The lowest BCUT2D eigenvalue weighted by Gasteiger charge is -2.08. The van der Waals surface area contributed by atoms with E-state index in [1.165, 1.54) is 6.92 Å². The van der Waals surface area contributed by atoms with Gasteiger partial charge in [0.2, 0.25) is 0 Å². The van der Waals surface area contributed by atoms with Crippen molar-refractivity contribution in [3.05, 3.63) is 58.6 Å². The van der Waals surface area contributed by atoms with Gasteiger partial charge in [-0.05, 0) is 43.3 Å². The van der Waals surface area contributed by atoms with Crippen molar-refractivity contribution in [1.82, 2.24) is 0 Å². The molecule has 1 amide bonds. The van der Waals surface area contributed by atoms with E-state index in [1.807, 2.05) is 12.1 Å². The third kappa shape index (κ3) is 4.72. The quantitative estimate of drug-likeness (QED) is 0.839. The molecule has 108 valence electrons. The Kier molecular flexibility index (Phi) is 5.11. The molecule has 0 aliphatic rings. The number of carbonyl (C=O) groups excluding carboxylic acids is 2. The number of anilines is 1. The van der Waals surface area contributed by atoms with E-state index in [4.69, 9.17) is 4.74 Å². The highest BCUT2D eigenvalue weighted by atomic mass is 79.9. The number of halogens is 1. The Balaban J connectivity index is 1.91. The molecule has 0 spiro atoms. The van der Waals surface area contributed by atoms with Crippen LogP contribution in [-0.4, -0.2) is 18.3 Å². The lowest BCUT2D eigenvalue weighted by atomic mass is 10.1. The van der Waals surface area contributed by atoms with Gasteiger partial charge in [-0.25, -0.2) is 0 Å². The molecule has 2 aromatic carbocycles. The molecular weight excluding hydrogens is 334 g/mol. The Bertz CT molecular complexity index is 653. The van der Waals surface area contributed by atoms with Crippen LogP contribution in [0.25, 0.3) is 0 Å². The topological polar surface area (TPSA) is 55.4 Å². The van der Waals surface area contributed by atoms with Gasteiger partial charge in [-0.15, -0.1) is 0 Å². The molecular formula is C16H14BrNO3. The zero-order chi connectivity index (χ0) is 15.2. The minimum atomic E-state index is -0.279. The minimum Gasteiger partial charge on any atom is -0.484 e. The van der Waals surface area contributed by atoms with Gasteiger partial charge in [0.15, 0.2) is 12.4 Å². The first-order valence-corrected chi connectivity index (χ1v) is 7.13. The van der Waals surface area contributed by atoms with Gasteiger partial charge in [0.25, 0.3) is 5.91 Å². The highest BCUT2D eigenvalue weighted by Crippen LogP contribution is 2.16. The molecule has 0 aliphatic carbocycles. The summed E-state index contributed by atoms with van der Waals surface area (Å²) in [5.41, 5.74) is 1.13. The van der Waals surface area contributed by atoms with Gasteiger partial charge in [-0.3, -0.25) is 9.59 Å². The van der Waals surface area contributed by atoms with E-state index in [0.29, 0.717) is 17.0 Å². The number of hydrogen-bond donors (Lipinski definition) is 1. The fraction of sp³-hybridized carbons (Fsp3) is 0.125. The maximum absolute atomic E-state index is 11.8. The number of nitrogens with one attached hydrogen (secondary N) is 1. The molecule has 0 heterocycles. The predicted molar refractivity (Wildman–Crippen MR) is 84.7 cm³/mol. The smallest absolute Gasteiger partial charge is 0.262 e. The van der Waals surface area contributed by atoms with Crippen molar-refractivity contribution in [3.8, 4) is 5.75 Å². The Morgan fingerprint density at radius 3 is 2.52 bits per heavy atom. The van der Waals surface area contributed by atoms with E-state index in [2.05, 4.69) is 21.2 Å². The number of benzene rings is 2. The summed E-state index contributed by atoms with van der Waals surface area (Å²) in [6.07, 6.45) is 0. The Morgan fingerprint density at radius 1 is 1.14 bits per heavy atom. The molecule has 2 rings (SSSR count). The van der Waals surface area contributed by atoms with E-state index in [-0.39, 0.29) is 18.3 Å². The number of Topliss-reactive ketones (excluding diaryl/α,β-unsaturated/α-hetero) is 1. The van der Waals surface area contributed by atoms with Crippen LogP contribution in [0.1, 0.15) is 17.3 Å². The Labute approximate surface area is 131 Å². The van der Waals surface area contributed by atoms with Crippen molar-refractivity contribution >= 4 is 33.3 Å². The van der Waals surface area contributed by atoms with Crippen LogP contribution in [0, 0.1) is 0 Å². The third-order valence-electron chi connectivity index (χ3n) is 2.74. The molecule has 0 atom stereocenters. The summed E-state index contributed by atoms with van der Waals surface area (Å²) in [5, 5.41) is 2.69. The molecule has 0 fully saturated rings. The van der Waals surface area contributed by atoms with Gasteiger partial charge in [-0.2, -0.15) is 0 Å². The van der Waals surface area contributed by atoms with Gasteiger partial charge < -0.3 is 10.1 Å². The number of hydrogen-bond acceptors (Lipinski definition) is 3. The molecule has 0 unspecified atom stereocenters. The molecule has 2 aromatic rings. The summed E-state index contributed by atoms with van der Waals surface area (Å²) in [6, 6.07) is 14.0. The first-order valence-electron chi connectivity index (χ1n) is 6.34. The van der Waals surface area contributed by atoms with E-state index >= 15 is 0 Å². The second kappa shape index (κ2) is 7.04. The van der Waals surface area contributed by atoms with Crippen LogP contribution in [0.15, 0.2) is 53.0 Å². The first kappa shape index (κ1) is 15.3. The van der Waals surface area contributed by atoms with Crippen LogP contribution in [0.2, 0.25) is 0 Å². The monoisotopic (exact) mass is 347 g/mol. The van der Waals surface area contributed by atoms with Crippen LogP contribution in [0.3, 0.4) is 0 Å². The van der Waals surface area contributed by atoms with Gasteiger partial charge in [-0.1, -0.05) is 28.1 Å². The summed E-state index contributed by atoms with van der Waals surface area (Å²) >= 11 is 3.33. The molecule has 5 heteroatoms. The largest absolute Gasteiger partial charge is 0.484 e. The minimum absolute atomic E-state index is 0.0442. The summed E-state index contributed by atoms with van der Waals surface area (Å²) in [7, 11) is 0. The average Bonchev–Trinajstić information content (AvgIpc) is 2.47. The zero-order valence-corrected chi connectivity index (χ0v) is 13.0. The van der Waals surface area contributed by atoms with Crippen LogP contribution in [-0.2, 0) is 4.79 Å². The van der Waals surface area contributed by atoms with Gasteiger partial charge in [0.05, 0.1) is 0 Å². The molecule has 0 bridgehead atoms. The molecule has 21 heavy (non-hydrogen) atoms. The van der Waals surface area contributed by atoms with Crippen molar-refractivity contribution < 1.29 is 14.3 Å². The lowest BCUT2D eigenvalue weighted by Crippen LogP contribution is -2.20. The highest BCUT2D eigenvalue weighted by Gasteiger charge is 2.06. The molecule has 0 saturated carbocycles. The summed E-state index contributed by atoms with van der Waals surface area (Å²) < 4.78 is 6.32. The van der Waals surface area contributed by atoms with Crippen molar-refractivity contribution in [1.29, 1.82) is 0 Å². The van der Waals surface area contributed by atoms with Crippen LogP contribution in [0.4, 0.5) is 5.69 Å². The summed E-state index contributed by atoms with van der Waals surface area (Å²) in [6.45, 7) is 1.39. The maximum atomic E-state index is 11.8. The summed E-state index contributed by atoms with van der Waals surface area (Å²) in [5.74, 6) is 0.293. The standard InChI is InChI=1S/C16H14BrNO3/c1-11(19)12-3-2-4-14(9-12)18-16(20)10-21-15-7-5-13(17)6-8-15/h2-9H,10H2,1H3,(H,18,20). The number of rotatable bonds is 5. The number of amides is 1. The van der Waals surface area contributed by atoms with Gasteiger partial charge >= 0.3 is 0 Å². The predicted octanol–water partition coefficient (Wildman–Crippen LogP) is 3.67. The molecule has 4 nitrogen and oxygen atoms in total. The Hall–Kier alpha value is -2.14. The van der Waals surface area contributed by atoms with E-state index in [9.17, 15) is 9.59 Å². The fourth-order valence-corrected chi connectivity index (χ4v) is 1.96. The summed E-state index contributed by atoms with van der Waals surface area (Å²) in [4.78, 5) is 23.1. The molecule has 0 aliphatic heterocycles. The van der Waals surface area contributed by atoms with Crippen molar-refractivity contribution in [2.24, 2.45) is 0 Å². The van der Waals surface area contributed by atoms with Crippen LogP contribution < -0.4 is 10.1 Å². The maximum Gasteiger partial charge on any atom is 0.262 e. The van der Waals surface area contributed by atoms with Crippen LogP contribution >= 0.6 is 15.9 Å². The highest BCUT2D eigenvalue weighted by molar-refractivity contribution is 9.10.